The Hall–Kier alpha value is -0.770. The van der Waals surface area contributed by atoms with Crippen LogP contribution in [-0.2, 0) is 6.42 Å². The maximum atomic E-state index is 4.62. The molecule has 1 aromatic heterocycles. The minimum Gasteiger partial charge on any atom is -0.373 e. The molecule has 1 heterocycles. The van der Waals surface area contributed by atoms with Crippen molar-refractivity contribution in [2.75, 3.05) is 18.1 Å². The summed E-state index contributed by atoms with van der Waals surface area (Å²) in [5.74, 6) is 3.74. The average Bonchev–Trinajstić information content (AvgIpc) is 2.37. The van der Waals surface area contributed by atoms with Gasteiger partial charge in [-0.3, -0.25) is 0 Å². The van der Waals surface area contributed by atoms with Gasteiger partial charge in [0.2, 0.25) is 0 Å². The van der Waals surface area contributed by atoms with Crippen molar-refractivity contribution in [1.29, 1.82) is 0 Å². The molecule has 0 aliphatic heterocycles. The van der Waals surface area contributed by atoms with Gasteiger partial charge in [-0.2, -0.15) is 0 Å². The molecule has 0 aromatic carbocycles. The van der Waals surface area contributed by atoms with Crippen molar-refractivity contribution >= 4 is 17.6 Å². The summed E-state index contributed by atoms with van der Waals surface area (Å²) in [5.41, 5.74) is 1.16. The van der Waals surface area contributed by atoms with Crippen molar-refractivity contribution < 1.29 is 0 Å². The number of nitrogens with one attached hydrogen (secondary N) is 1. The molecule has 1 N–H and O–H groups in total. The highest BCUT2D eigenvalue weighted by atomic mass is 32.2. The zero-order valence-electron chi connectivity index (χ0n) is 11.5. The largest absolute Gasteiger partial charge is 0.373 e. The van der Waals surface area contributed by atoms with Gasteiger partial charge >= 0.3 is 0 Å². The summed E-state index contributed by atoms with van der Waals surface area (Å²) in [5, 5.41) is 4.27. The predicted molar refractivity (Wildman–Crippen MR) is 75.9 cm³/mol. The normalized spacial score (nSPS) is 12.5. The quantitative estimate of drug-likeness (QED) is 0.622. The zero-order valence-corrected chi connectivity index (χ0v) is 12.3. The van der Waals surface area contributed by atoms with Gasteiger partial charge in [-0.15, -0.1) is 11.8 Å². The Balaban J connectivity index is 2.89. The number of hydrogen-bond acceptors (Lipinski definition) is 4. The first-order valence-electron chi connectivity index (χ1n) is 6.30. The van der Waals surface area contributed by atoms with Crippen molar-refractivity contribution in [2.45, 2.75) is 45.6 Å². The van der Waals surface area contributed by atoms with Crippen LogP contribution in [0.3, 0.4) is 0 Å². The van der Waals surface area contributed by atoms with Gasteiger partial charge in [-0.1, -0.05) is 27.2 Å². The third kappa shape index (κ3) is 3.87. The van der Waals surface area contributed by atoms with Gasteiger partial charge in [0.05, 0.1) is 0 Å². The molecule has 17 heavy (non-hydrogen) atoms. The molecular formula is C13H23N3S. The summed E-state index contributed by atoms with van der Waals surface area (Å²) in [6.07, 6.45) is 2.10. The van der Waals surface area contributed by atoms with Crippen LogP contribution < -0.4 is 5.32 Å². The second-order valence-electron chi connectivity index (χ2n) is 4.35. The van der Waals surface area contributed by atoms with E-state index in [1.807, 2.05) is 18.8 Å². The van der Waals surface area contributed by atoms with Crippen LogP contribution in [0.25, 0.3) is 0 Å². The van der Waals surface area contributed by atoms with E-state index in [1.165, 1.54) is 6.42 Å². The van der Waals surface area contributed by atoms with Crippen molar-refractivity contribution in [3.8, 4) is 0 Å². The number of aryl methyl sites for hydroxylation is 1. The summed E-state index contributed by atoms with van der Waals surface area (Å²) in [6.45, 7) is 8.69. The standard InChI is InChI=1S/C13H23N3S/c1-6-9(3)8-17-13-10(4)12(14-5)15-11(7-2)16-13/h9H,6-8H2,1-5H3,(H,14,15,16). The molecule has 1 rings (SSSR count). The first kappa shape index (κ1) is 14.3. The van der Waals surface area contributed by atoms with Gasteiger partial charge in [0.1, 0.15) is 16.7 Å². The molecule has 0 fully saturated rings. The number of nitrogens with zero attached hydrogens (tertiary/aromatic N) is 2. The van der Waals surface area contributed by atoms with Crippen molar-refractivity contribution in [3.05, 3.63) is 11.4 Å². The van der Waals surface area contributed by atoms with E-state index in [1.54, 1.807) is 0 Å². The number of rotatable bonds is 6. The number of hydrogen-bond donors (Lipinski definition) is 1. The highest BCUT2D eigenvalue weighted by Crippen LogP contribution is 2.27. The molecule has 0 saturated heterocycles. The third-order valence-corrected chi connectivity index (χ3v) is 4.31. The second-order valence-corrected chi connectivity index (χ2v) is 5.36. The van der Waals surface area contributed by atoms with Crippen LogP contribution in [0, 0.1) is 12.8 Å². The smallest absolute Gasteiger partial charge is 0.133 e. The molecule has 1 atom stereocenters. The lowest BCUT2D eigenvalue weighted by atomic mass is 10.2. The third-order valence-electron chi connectivity index (χ3n) is 2.90. The van der Waals surface area contributed by atoms with E-state index in [0.29, 0.717) is 0 Å². The Labute approximate surface area is 109 Å². The molecule has 1 unspecified atom stereocenters. The van der Waals surface area contributed by atoms with Crippen LogP contribution in [0.1, 0.15) is 38.6 Å². The van der Waals surface area contributed by atoms with Crippen LogP contribution in [0.2, 0.25) is 0 Å². The Kier molecular flexibility index (Phi) is 5.75. The molecule has 0 radical (unpaired) electrons. The molecule has 0 bridgehead atoms. The first-order chi connectivity index (χ1) is 8.12. The molecule has 3 nitrogen and oxygen atoms in total. The van der Waals surface area contributed by atoms with Crippen molar-refractivity contribution in [2.24, 2.45) is 5.92 Å². The molecule has 0 saturated carbocycles. The first-order valence-corrected chi connectivity index (χ1v) is 7.28. The minimum absolute atomic E-state index is 0.734. The molecule has 0 amide bonds. The second kappa shape index (κ2) is 6.84. The van der Waals surface area contributed by atoms with Gasteiger partial charge < -0.3 is 5.32 Å². The topological polar surface area (TPSA) is 37.8 Å². The SMILES string of the molecule is CCc1nc(NC)c(C)c(SCC(C)CC)n1. The zero-order chi connectivity index (χ0) is 12.8. The number of thioether (sulfide) groups is 1. The highest BCUT2D eigenvalue weighted by molar-refractivity contribution is 7.99. The maximum Gasteiger partial charge on any atom is 0.133 e. The fraction of sp³-hybridized carbons (Fsp3) is 0.692. The fourth-order valence-electron chi connectivity index (χ4n) is 1.42. The van der Waals surface area contributed by atoms with Crippen LogP contribution in [0.4, 0.5) is 5.82 Å². The molecule has 1 aromatic rings. The molecule has 0 aliphatic rings. The van der Waals surface area contributed by atoms with E-state index >= 15 is 0 Å². The Morgan fingerprint density at radius 2 is 2.00 bits per heavy atom. The molecule has 4 heteroatoms. The van der Waals surface area contributed by atoms with Crippen molar-refractivity contribution in [1.82, 2.24) is 9.97 Å². The Morgan fingerprint density at radius 1 is 1.29 bits per heavy atom. The summed E-state index contributed by atoms with van der Waals surface area (Å²) in [6, 6.07) is 0. The van der Waals surface area contributed by atoms with Gasteiger partial charge in [0.25, 0.3) is 0 Å². The molecule has 96 valence electrons. The summed E-state index contributed by atoms with van der Waals surface area (Å²) < 4.78 is 0. The van der Waals surface area contributed by atoms with Crippen LogP contribution >= 0.6 is 11.8 Å². The van der Waals surface area contributed by atoms with Crippen LogP contribution in [0.15, 0.2) is 5.03 Å². The van der Waals surface area contributed by atoms with Gasteiger partial charge in [0, 0.05) is 24.8 Å². The van der Waals surface area contributed by atoms with E-state index in [9.17, 15) is 0 Å². The van der Waals surface area contributed by atoms with Gasteiger partial charge in [-0.25, -0.2) is 9.97 Å². The van der Waals surface area contributed by atoms with Gasteiger partial charge in [-0.05, 0) is 12.8 Å². The number of aromatic nitrogens is 2. The molecule has 0 aliphatic carbocycles. The van der Waals surface area contributed by atoms with Crippen molar-refractivity contribution in [3.63, 3.8) is 0 Å². The maximum absolute atomic E-state index is 4.62. The lowest BCUT2D eigenvalue weighted by Gasteiger charge is -2.13. The number of anilines is 1. The van der Waals surface area contributed by atoms with E-state index in [2.05, 4.69) is 43.0 Å². The summed E-state index contributed by atoms with van der Waals surface area (Å²) in [7, 11) is 1.91. The highest BCUT2D eigenvalue weighted by Gasteiger charge is 2.10. The van der Waals surface area contributed by atoms with Crippen LogP contribution in [-0.4, -0.2) is 22.8 Å². The summed E-state index contributed by atoms with van der Waals surface area (Å²) in [4.78, 5) is 9.10. The van der Waals surface area contributed by atoms with E-state index < -0.39 is 0 Å². The Bertz CT molecular complexity index is 366. The predicted octanol–water partition coefficient (Wildman–Crippen LogP) is 3.53. The monoisotopic (exact) mass is 253 g/mol. The Morgan fingerprint density at radius 3 is 2.53 bits per heavy atom. The van der Waals surface area contributed by atoms with E-state index in [4.69, 9.17) is 0 Å². The minimum atomic E-state index is 0.734. The molecular weight excluding hydrogens is 230 g/mol. The van der Waals surface area contributed by atoms with Gasteiger partial charge in [0.15, 0.2) is 0 Å². The van der Waals surface area contributed by atoms with E-state index in [-0.39, 0.29) is 0 Å². The average molecular weight is 253 g/mol. The lowest BCUT2D eigenvalue weighted by molar-refractivity contribution is 0.636. The summed E-state index contributed by atoms with van der Waals surface area (Å²) >= 11 is 1.85. The van der Waals surface area contributed by atoms with E-state index in [0.717, 1.165) is 40.3 Å². The van der Waals surface area contributed by atoms with Crippen LogP contribution in [0.5, 0.6) is 0 Å². The molecule has 0 spiro atoms. The fourth-order valence-corrected chi connectivity index (χ4v) is 2.58. The lowest BCUT2D eigenvalue weighted by Crippen LogP contribution is -2.05.